The zero-order valence-electron chi connectivity index (χ0n) is 20.1. The lowest BCUT2D eigenvalue weighted by Crippen LogP contribution is -2.44. The van der Waals surface area contributed by atoms with E-state index in [2.05, 4.69) is 42.1 Å². The third-order valence-corrected chi connectivity index (χ3v) is 4.94. The van der Waals surface area contributed by atoms with E-state index in [-0.39, 0.29) is 25.3 Å². The van der Waals surface area contributed by atoms with Gasteiger partial charge >= 0.3 is 18.1 Å². The number of carbonyl (C=O) groups excluding carboxylic acids is 1. The molecule has 3 heterocycles. The maximum Gasteiger partial charge on any atom is 0.490 e. The lowest BCUT2D eigenvalue weighted by Gasteiger charge is -2.28. The Labute approximate surface area is 204 Å². The first-order valence-corrected chi connectivity index (χ1v) is 11.0. The summed E-state index contributed by atoms with van der Waals surface area (Å²) in [7, 11) is 1.62. The Morgan fingerprint density at radius 1 is 1.25 bits per heavy atom. The Bertz CT molecular complexity index is 1190. The number of rotatable bonds is 7. The minimum Gasteiger partial charge on any atom is -0.480 e. The van der Waals surface area contributed by atoms with Gasteiger partial charge in [-0.3, -0.25) is 24.0 Å². The zero-order chi connectivity index (χ0) is 26.9. The molecule has 12 nitrogen and oxygen atoms in total. The molecule has 1 fully saturated rings. The van der Waals surface area contributed by atoms with Crippen molar-refractivity contribution in [2.24, 2.45) is 7.05 Å². The summed E-state index contributed by atoms with van der Waals surface area (Å²) in [5.41, 5.74) is 0.548. The van der Waals surface area contributed by atoms with Crippen LogP contribution in [0.4, 0.5) is 19.1 Å². The summed E-state index contributed by atoms with van der Waals surface area (Å²) in [5, 5.41) is 14.8. The first-order valence-electron chi connectivity index (χ1n) is 11.0. The summed E-state index contributed by atoms with van der Waals surface area (Å²) in [5.74, 6) is 3.89. The van der Waals surface area contributed by atoms with Gasteiger partial charge in [0.05, 0.1) is 26.2 Å². The molecule has 2 aromatic rings. The van der Waals surface area contributed by atoms with Crippen molar-refractivity contribution in [3.05, 3.63) is 16.2 Å². The quantitative estimate of drug-likeness (QED) is 0.336. The number of alkyl halides is 3. The standard InChI is InChI=1S/C17H23N7O3.C4H5F3O2/c1-3-4-7-24-14-15(21-17(24)23-8-5-18-6-9-23)20-12(22(2)16(14)27)10-19-11-13(25)26;1-2-9-3(8)4(5,6)7/h18-19H,5-11H2,1-2H3,(H,25,26);2H2,1H3. The van der Waals surface area contributed by atoms with Gasteiger partial charge in [-0.25, -0.2) is 9.78 Å². The van der Waals surface area contributed by atoms with Crippen molar-refractivity contribution in [3.8, 4) is 11.8 Å². The van der Waals surface area contributed by atoms with E-state index in [1.807, 2.05) is 4.57 Å². The molecule has 15 heteroatoms. The smallest absolute Gasteiger partial charge is 0.480 e. The summed E-state index contributed by atoms with van der Waals surface area (Å²) in [6.07, 6.45) is -4.85. The number of anilines is 1. The fraction of sp³-hybridized carbons (Fsp3) is 0.571. The summed E-state index contributed by atoms with van der Waals surface area (Å²) in [6, 6.07) is 0. The summed E-state index contributed by atoms with van der Waals surface area (Å²) < 4.78 is 40.4. The molecule has 0 unspecified atom stereocenters. The lowest BCUT2D eigenvalue weighted by atomic mass is 10.4. The molecule has 0 radical (unpaired) electrons. The van der Waals surface area contributed by atoms with Gasteiger partial charge in [0.2, 0.25) is 5.95 Å². The molecule has 36 heavy (non-hydrogen) atoms. The van der Waals surface area contributed by atoms with Gasteiger partial charge in [-0.2, -0.15) is 18.2 Å². The highest BCUT2D eigenvalue weighted by Crippen LogP contribution is 2.20. The molecule has 0 amide bonds. The van der Waals surface area contributed by atoms with Gasteiger partial charge in [-0.05, 0) is 13.8 Å². The number of halogens is 3. The molecule has 0 bridgehead atoms. The number of carboxylic acid groups (broad SMARTS) is 1. The number of carbonyl (C=O) groups is 2. The minimum absolute atomic E-state index is 0.165. The number of imidazole rings is 1. The Hall–Kier alpha value is -3.64. The fourth-order valence-electron chi connectivity index (χ4n) is 3.26. The molecule has 1 aliphatic rings. The molecule has 2 aromatic heterocycles. The van der Waals surface area contributed by atoms with Gasteiger partial charge in [0.15, 0.2) is 11.2 Å². The number of piperazine rings is 1. The van der Waals surface area contributed by atoms with Gasteiger partial charge in [-0.1, -0.05) is 5.92 Å². The minimum atomic E-state index is -4.85. The molecule has 0 aromatic carbocycles. The van der Waals surface area contributed by atoms with E-state index in [0.29, 0.717) is 29.5 Å². The number of hydrogen-bond donors (Lipinski definition) is 3. The number of ether oxygens (including phenoxy) is 1. The number of fused-ring (bicyclic) bond motifs is 1. The van der Waals surface area contributed by atoms with Crippen molar-refractivity contribution >= 4 is 29.1 Å². The molecule has 1 aliphatic heterocycles. The van der Waals surface area contributed by atoms with Gasteiger partial charge in [0, 0.05) is 33.2 Å². The fourth-order valence-corrected chi connectivity index (χ4v) is 3.26. The Balaban J connectivity index is 0.000000434. The molecule has 198 valence electrons. The van der Waals surface area contributed by atoms with Crippen LogP contribution in [0.5, 0.6) is 0 Å². The van der Waals surface area contributed by atoms with Crippen LogP contribution >= 0.6 is 0 Å². The molecular formula is C21H28F3N7O5. The number of esters is 1. The van der Waals surface area contributed by atoms with Crippen molar-refractivity contribution in [2.75, 3.05) is 44.2 Å². The zero-order valence-corrected chi connectivity index (χ0v) is 20.1. The van der Waals surface area contributed by atoms with Gasteiger partial charge in [-0.15, -0.1) is 5.92 Å². The van der Waals surface area contributed by atoms with Crippen LogP contribution < -0.4 is 21.1 Å². The number of aromatic nitrogens is 4. The molecule has 0 atom stereocenters. The summed E-state index contributed by atoms with van der Waals surface area (Å²) >= 11 is 0. The highest BCUT2D eigenvalue weighted by Gasteiger charge is 2.40. The third kappa shape index (κ3) is 7.43. The van der Waals surface area contributed by atoms with E-state index in [1.165, 1.54) is 11.5 Å². The second-order valence-electron chi connectivity index (χ2n) is 7.44. The average molecular weight is 515 g/mol. The maximum atomic E-state index is 13.0. The van der Waals surface area contributed by atoms with Crippen LogP contribution in [0, 0.1) is 11.8 Å². The molecule has 3 N–H and O–H groups in total. The number of hydrogen-bond acceptors (Lipinski definition) is 9. The van der Waals surface area contributed by atoms with Gasteiger partial charge < -0.3 is 20.1 Å². The van der Waals surface area contributed by atoms with Crippen molar-refractivity contribution in [1.82, 2.24) is 29.7 Å². The van der Waals surface area contributed by atoms with E-state index in [1.54, 1.807) is 14.0 Å². The van der Waals surface area contributed by atoms with E-state index in [0.717, 1.165) is 26.2 Å². The van der Waals surface area contributed by atoms with Crippen molar-refractivity contribution in [2.45, 2.75) is 33.1 Å². The Kier molecular flexibility index (Phi) is 10.2. The maximum absolute atomic E-state index is 13.0. The average Bonchev–Trinajstić information content (AvgIpc) is 3.19. The summed E-state index contributed by atoms with van der Waals surface area (Å²) in [6.45, 7) is 6.40. The van der Waals surface area contributed by atoms with E-state index in [4.69, 9.17) is 5.11 Å². The van der Waals surface area contributed by atoms with E-state index in [9.17, 15) is 27.6 Å². The molecule has 0 saturated carbocycles. The van der Waals surface area contributed by atoms with Crippen LogP contribution in [0.15, 0.2) is 4.79 Å². The molecule has 1 saturated heterocycles. The lowest BCUT2D eigenvalue weighted by molar-refractivity contribution is -0.199. The molecule has 3 rings (SSSR count). The van der Waals surface area contributed by atoms with Crippen molar-refractivity contribution in [1.29, 1.82) is 0 Å². The van der Waals surface area contributed by atoms with Gasteiger partial charge in [0.1, 0.15) is 5.82 Å². The predicted molar refractivity (Wildman–Crippen MR) is 123 cm³/mol. The van der Waals surface area contributed by atoms with Crippen LogP contribution in [-0.2, 0) is 34.5 Å². The summed E-state index contributed by atoms with van der Waals surface area (Å²) in [4.78, 5) is 44.6. The van der Waals surface area contributed by atoms with Crippen molar-refractivity contribution in [3.63, 3.8) is 0 Å². The number of carboxylic acids is 1. The topological polar surface area (TPSA) is 144 Å². The van der Waals surface area contributed by atoms with Crippen LogP contribution in [0.1, 0.15) is 19.7 Å². The molecule has 0 spiro atoms. The number of aliphatic carboxylic acids is 1. The molecule has 0 aliphatic carbocycles. The first kappa shape index (κ1) is 28.6. The second-order valence-corrected chi connectivity index (χ2v) is 7.44. The normalized spacial score (nSPS) is 13.4. The SMILES string of the molecule is CC#CCn1c(N2CCNCC2)nc2nc(CNCC(=O)O)n(C)c(=O)c21.CCOC(=O)C(F)(F)F. The Morgan fingerprint density at radius 2 is 1.92 bits per heavy atom. The van der Waals surface area contributed by atoms with E-state index < -0.39 is 18.1 Å². The monoisotopic (exact) mass is 515 g/mol. The van der Waals surface area contributed by atoms with Crippen molar-refractivity contribution < 1.29 is 32.6 Å². The largest absolute Gasteiger partial charge is 0.490 e. The first-order chi connectivity index (χ1) is 17.0. The Morgan fingerprint density at radius 3 is 2.44 bits per heavy atom. The van der Waals surface area contributed by atoms with Crippen LogP contribution in [0.3, 0.4) is 0 Å². The van der Waals surface area contributed by atoms with Crippen LogP contribution in [-0.4, -0.2) is 81.7 Å². The van der Waals surface area contributed by atoms with Crippen LogP contribution in [0.2, 0.25) is 0 Å². The van der Waals surface area contributed by atoms with E-state index >= 15 is 0 Å². The third-order valence-electron chi connectivity index (χ3n) is 4.94. The van der Waals surface area contributed by atoms with Crippen LogP contribution in [0.25, 0.3) is 11.2 Å². The molecular weight excluding hydrogens is 487 g/mol. The van der Waals surface area contributed by atoms with Gasteiger partial charge in [0.25, 0.3) is 5.56 Å². The number of nitrogens with zero attached hydrogens (tertiary/aromatic N) is 5. The highest BCUT2D eigenvalue weighted by atomic mass is 19.4. The highest BCUT2D eigenvalue weighted by molar-refractivity contribution is 5.75. The number of nitrogens with one attached hydrogen (secondary N) is 2. The predicted octanol–water partition coefficient (Wildman–Crippen LogP) is -0.151. The second kappa shape index (κ2) is 12.9.